The average Bonchev–Trinajstić information content (AvgIpc) is 2.72. The van der Waals surface area contributed by atoms with Gasteiger partial charge in [0.1, 0.15) is 0 Å². The number of carbonyl (C=O) groups is 1. The van der Waals surface area contributed by atoms with Gasteiger partial charge < -0.3 is 15.4 Å². The van der Waals surface area contributed by atoms with Gasteiger partial charge in [-0.2, -0.15) is 0 Å². The van der Waals surface area contributed by atoms with Crippen molar-refractivity contribution in [3.8, 4) is 0 Å². The van der Waals surface area contributed by atoms with E-state index in [9.17, 15) is 4.79 Å². The number of nitrogens with one attached hydrogen (secondary N) is 2. The summed E-state index contributed by atoms with van der Waals surface area (Å²) in [5, 5.41) is 5.49. The Morgan fingerprint density at radius 2 is 2.36 bits per heavy atom. The van der Waals surface area contributed by atoms with Crippen molar-refractivity contribution in [3.63, 3.8) is 0 Å². The molecule has 0 aromatic rings. The third-order valence-corrected chi connectivity index (χ3v) is 1.50. The van der Waals surface area contributed by atoms with Crippen molar-refractivity contribution in [3.05, 3.63) is 0 Å². The number of ether oxygens (including phenoxy) is 1. The van der Waals surface area contributed by atoms with Crippen LogP contribution in [0.3, 0.4) is 0 Å². The second-order valence-electron chi connectivity index (χ2n) is 2.67. The molecule has 1 saturated carbocycles. The number of hydrogen-bond acceptors (Lipinski definition) is 2. The Morgan fingerprint density at radius 1 is 1.64 bits per heavy atom. The fourth-order valence-corrected chi connectivity index (χ4v) is 0.731. The smallest absolute Gasteiger partial charge is 0.315 e. The minimum absolute atomic E-state index is 0.0791. The standard InChI is InChI=1S/C7H14N2O2/c1-11-5-4-8-7(10)9-6-2-3-6/h6H,2-5H2,1H3,(H2,8,9,10). The lowest BCUT2D eigenvalue weighted by Crippen LogP contribution is -2.38. The zero-order chi connectivity index (χ0) is 8.10. The van der Waals surface area contributed by atoms with Gasteiger partial charge in [0, 0.05) is 19.7 Å². The Morgan fingerprint density at radius 3 is 2.91 bits per heavy atom. The van der Waals surface area contributed by atoms with Crippen LogP contribution in [-0.4, -0.2) is 32.3 Å². The normalized spacial score (nSPS) is 16.1. The van der Waals surface area contributed by atoms with Crippen molar-refractivity contribution in [1.82, 2.24) is 10.6 Å². The first-order valence-electron chi connectivity index (χ1n) is 3.86. The molecular weight excluding hydrogens is 144 g/mol. The van der Waals surface area contributed by atoms with Gasteiger partial charge in [-0.05, 0) is 12.8 Å². The topological polar surface area (TPSA) is 50.4 Å². The lowest BCUT2D eigenvalue weighted by atomic mass is 10.6. The van der Waals surface area contributed by atoms with Crippen LogP contribution in [-0.2, 0) is 4.74 Å². The number of urea groups is 1. The Balaban J connectivity index is 1.92. The molecule has 1 fully saturated rings. The number of rotatable bonds is 4. The third kappa shape index (κ3) is 3.83. The predicted molar refractivity (Wildman–Crippen MR) is 41.4 cm³/mol. The van der Waals surface area contributed by atoms with Gasteiger partial charge in [-0.15, -0.1) is 0 Å². The zero-order valence-corrected chi connectivity index (χ0v) is 6.72. The molecule has 64 valence electrons. The van der Waals surface area contributed by atoms with Gasteiger partial charge in [0.25, 0.3) is 0 Å². The highest BCUT2D eigenvalue weighted by molar-refractivity contribution is 5.74. The van der Waals surface area contributed by atoms with E-state index in [-0.39, 0.29) is 6.03 Å². The van der Waals surface area contributed by atoms with Gasteiger partial charge >= 0.3 is 6.03 Å². The molecule has 1 rings (SSSR count). The van der Waals surface area contributed by atoms with Crippen molar-refractivity contribution >= 4 is 6.03 Å². The van der Waals surface area contributed by atoms with E-state index in [1.807, 2.05) is 0 Å². The molecule has 2 N–H and O–H groups in total. The summed E-state index contributed by atoms with van der Waals surface area (Å²) in [6.45, 7) is 1.15. The van der Waals surface area contributed by atoms with Crippen LogP contribution in [0.25, 0.3) is 0 Å². The molecule has 1 aliphatic carbocycles. The van der Waals surface area contributed by atoms with Crippen LogP contribution >= 0.6 is 0 Å². The van der Waals surface area contributed by atoms with Crippen LogP contribution in [0.4, 0.5) is 4.79 Å². The fraction of sp³-hybridized carbons (Fsp3) is 0.857. The molecule has 0 aromatic carbocycles. The van der Waals surface area contributed by atoms with E-state index in [0.717, 1.165) is 12.8 Å². The molecule has 4 heteroatoms. The second kappa shape index (κ2) is 4.18. The van der Waals surface area contributed by atoms with E-state index in [2.05, 4.69) is 10.6 Å². The Bertz CT molecular complexity index is 134. The lowest BCUT2D eigenvalue weighted by Gasteiger charge is -2.04. The summed E-state index contributed by atoms with van der Waals surface area (Å²) in [6.07, 6.45) is 2.25. The third-order valence-electron chi connectivity index (χ3n) is 1.50. The summed E-state index contributed by atoms with van der Waals surface area (Å²) in [4.78, 5) is 10.9. The van der Waals surface area contributed by atoms with Gasteiger partial charge in [-0.1, -0.05) is 0 Å². The maximum atomic E-state index is 10.9. The van der Waals surface area contributed by atoms with Crippen LogP contribution in [0.5, 0.6) is 0 Å². The van der Waals surface area contributed by atoms with Gasteiger partial charge in [0.2, 0.25) is 0 Å². The molecule has 0 aromatic heterocycles. The minimum atomic E-state index is -0.0791. The van der Waals surface area contributed by atoms with Gasteiger partial charge in [-0.3, -0.25) is 0 Å². The molecule has 2 amide bonds. The Hall–Kier alpha value is -0.770. The van der Waals surface area contributed by atoms with Crippen LogP contribution in [0, 0.1) is 0 Å². The van der Waals surface area contributed by atoms with Crippen molar-refractivity contribution in [1.29, 1.82) is 0 Å². The lowest BCUT2D eigenvalue weighted by molar-refractivity contribution is 0.196. The van der Waals surface area contributed by atoms with Gasteiger partial charge in [0.15, 0.2) is 0 Å². The molecule has 1 aliphatic rings. The number of methoxy groups -OCH3 is 1. The monoisotopic (exact) mass is 158 g/mol. The molecule has 0 radical (unpaired) electrons. The Kier molecular flexibility index (Phi) is 3.16. The summed E-state index contributed by atoms with van der Waals surface area (Å²) in [5.74, 6) is 0. The first kappa shape index (κ1) is 8.33. The summed E-state index contributed by atoms with van der Waals surface area (Å²) in [5.41, 5.74) is 0. The minimum Gasteiger partial charge on any atom is -0.383 e. The van der Waals surface area contributed by atoms with E-state index in [1.165, 1.54) is 0 Å². The highest BCUT2D eigenvalue weighted by Gasteiger charge is 2.22. The highest BCUT2D eigenvalue weighted by Crippen LogP contribution is 2.17. The number of hydrogen-bond donors (Lipinski definition) is 2. The molecule has 0 atom stereocenters. The van der Waals surface area contributed by atoms with Crippen LogP contribution in [0.15, 0.2) is 0 Å². The van der Waals surface area contributed by atoms with Crippen molar-refractivity contribution in [2.75, 3.05) is 20.3 Å². The maximum Gasteiger partial charge on any atom is 0.315 e. The predicted octanol–water partition coefficient (Wildman–Crippen LogP) is 0.0944. The molecular formula is C7H14N2O2. The summed E-state index contributed by atoms with van der Waals surface area (Å²) in [7, 11) is 1.61. The zero-order valence-electron chi connectivity index (χ0n) is 6.72. The molecule has 4 nitrogen and oxygen atoms in total. The molecule has 0 aliphatic heterocycles. The van der Waals surface area contributed by atoms with Gasteiger partial charge in [0.05, 0.1) is 6.61 Å². The van der Waals surface area contributed by atoms with E-state index in [4.69, 9.17) is 4.74 Å². The number of amides is 2. The van der Waals surface area contributed by atoms with Crippen LogP contribution in [0.2, 0.25) is 0 Å². The van der Waals surface area contributed by atoms with E-state index >= 15 is 0 Å². The summed E-state index contributed by atoms with van der Waals surface area (Å²) < 4.78 is 4.77. The molecule has 0 bridgehead atoms. The van der Waals surface area contributed by atoms with Crippen LogP contribution < -0.4 is 10.6 Å². The summed E-state index contributed by atoms with van der Waals surface area (Å²) >= 11 is 0. The first-order valence-corrected chi connectivity index (χ1v) is 3.86. The number of carbonyl (C=O) groups excluding carboxylic acids is 1. The van der Waals surface area contributed by atoms with E-state index in [0.29, 0.717) is 19.2 Å². The molecule has 0 heterocycles. The average molecular weight is 158 g/mol. The molecule has 11 heavy (non-hydrogen) atoms. The molecule has 0 unspecified atom stereocenters. The van der Waals surface area contributed by atoms with Gasteiger partial charge in [-0.25, -0.2) is 4.79 Å². The quantitative estimate of drug-likeness (QED) is 0.570. The van der Waals surface area contributed by atoms with Crippen molar-refractivity contribution in [2.24, 2.45) is 0 Å². The molecule has 0 saturated heterocycles. The summed E-state index contributed by atoms with van der Waals surface area (Å²) in [6, 6.07) is 0.349. The van der Waals surface area contributed by atoms with E-state index < -0.39 is 0 Å². The largest absolute Gasteiger partial charge is 0.383 e. The van der Waals surface area contributed by atoms with E-state index in [1.54, 1.807) is 7.11 Å². The molecule has 0 spiro atoms. The second-order valence-corrected chi connectivity index (χ2v) is 2.67. The maximum absolute atomic E-state index is 10.9. The Labute approximate surface area is 66.3 Å². The fourth-order valence-electron chi connectivity index (χ4n) is 0.731. The van der Waals surface area contributed by atoms with Crippen LogP contribution in [0.1, 0.15) is 12.8 Å². The van der Waals surface area contributed by atoms with Crippen molar-refractivity contribution in [2.45, 2.75) is 18.9 Å². The van der Waals surface area contributed by atoms with Crippen molar-refractivity contribution < 1.29 is 9.53 Å². The highest BCUT2D eigenvalue weighted by atomic mass is 16.5. The SMILES string of the molecule is COCCNC(=O)NC1CC1. The first-order chi connectivity index (χ1) is 5.33.